The number of hydrogen-bond acceptors (Lipinski definition) is 4. The van der Waals surface area contributed by atoms with Gasteiger partial charge in [0, 0.05) is 11.1 Å². The third-order valence-corrected chi connectivity index (χ3v) is 2.80. The maximum atomic E-state index is 10.6. The number of thiazole rings is 1. The van der Waals surface area contributed by atoms with E-state index in [2.05, 4.69) is 17.6 Å². The van der Waals surface area contributed by atoms with Crippen LogP contribution >= 0.6 is 24.0 Å². The molecule has 62 valence electrons. The number of hydrogen-bond donors (Lipinski definition) is 1. The minimum Gasteiger partial charge on any atom is -0.296 e. The minimum atomic E-state index is 0.497. The summed E-state index contributed by atoms with van der Waals surface area (Å²) in [6.07, 6.45) is 2.66. The molecule has 0 amide bonds. The lowest BCUT2D eigenvalue weighted by Crippen LogP contribution is -1.86. The van der Waals surface area contributed by atoms with Gasteiger partial charge in [-0.1, -0.05) is 0 Å². The normalized spacial score (nSPS) is 10.8. The first-order valence-corrected chi connectivity index (χ1v) is 4.61. The number of thiol groups is 1. The van der Waals surface area contributed by atoms with Crippen LogP contribution in [0.4, 0.5) is 0 Å². The number of carbonyl (C=O) groups excluding carboxylic acids is 1. The predicted molar refractivity (Wildman–Crippen MR) is 50.4 cm³/mol. The summed E-state index contributed by atoms with van der Waals surface area (Å²) in [5, 5.41) is 0.497. The van der Waals surface area contributed by atoms with Crippen molar-refractivity contribution in [3.05, 3.63) is 16.8 Å². The second-order valence-corrected chi connectivity index (χ2v) is 4.07. The van der Waals surface area contributed by atoms with Gasteiger partial charge in [0.25, 0.3) is 0 Å². The van der Waals surface area contributed by atoms with E-state index in [0.29, 0.717) is 10.7 Å². The molecule has 2 aromatic rings. The molecule has 2 heterocycles. The van der Waals surface area contributed by atoms with Crippen molar-refractivity contribution in [1.29, 1.82) is 0 Å². The van der Waals surface area contributed by atoms with Gasteiger partial charge in [-0.25, -0.2) is 4.98 Å². The number of fused-ring (bicyclic) bond motifs is 1. The molecule has 0 aromatic carbocycles. The summed E-state index contributed by atoms with van der Waals surface area (Å²) in [6, 6.07) is 0. The van der Waals surface area contributed by atoms with Gasteiger partial charge in [-0.15, -0.1) is 24.0 Å². The lowest BCUT2D eigenvalue weighted by Gasteiger charge is -1.85. The van der Waals surface area contributed by atoms with Gasteiger partial charge in [-0.2, -0.15) is 0 Å². The highest BCUT2D eigenvalue weighted by atomic mass is 32.1. The van der Waals surface area contributed by atoms with Crippen molar-refractivity contribution in [1.82, 2.24) is 9.38 Å². The summed E-state index contributed by atoms with van der Waals surface area (Å²) >= 11 is 5.63. The Kier molecular flexibility index (Phi) is 1.69. The SMILES string of the molecule is Cc1cn2c(C=O)c(S)nc2s1. The Morgan fingerprint density at radius 1 is 1.75 bits per heavy atom. The van der Waals surface area contributed by atoms with E-state index in [4.69, 9.17) is 0 Å². The highest BCUT2D eigenvalue weighted by Gasteiger charge is 2.09. The quantitative estimate of drug-likeness (QED) is 0.560. The lowest BCUT2D eigenvalue weighted by atomic mass is 10.5. The minimum absolute atomic E-state index is 0.497. The third kappa shape index (κ3) is 0.971. The average Bonchev–Trinajstić information content (AvgIpc) is 2.43. The monoisotopic (exact) mass is 198 g/mol. The number of carbonyl (C=O) groups is 1. The first kappa shape index (κ1) is 7.82. The smallest absolute Gasteiger partial charge is 0.195 e. The van der Waals surface area contributed by atoms with Crippen molar-refractivity contribution in [2.75, 3.05) is 0 Å². The average molecular weight is 198 g/mol. The second-order valence-electron chi connectivity index (χ2n) is 2.43. The van der Waals surface area contributed by atoms with Crippen LogP contribution in [-0.4, -0.2) is 15.7 Å². The standard InChI is InChI=1S/C7H6N2OS2/c1-4-2-9-5(3-10)6(11)8-7(9)12-4/h2-3,11H,1H3. The van der Waals surface area contributed by atoms with Crippen molar-refractivity contribution >= 4 is 35.2 Å². The second kappa shape index (κ2) is 2.60. The summed E-state index contributed by atoms with van der Waals surface area (Å²) < 4.78 is 1.76. The molecule has 5 heteroatoms. The fourth-order valence-electron chi connectivity index (χ4n) is 1.07. The van der Waals surface area contributed by atoms with Crippen molar-refractivity contribution in [3.63, 3.8) is 0 Å². The number of imidazole rings is 1. The fraction of sp³-hybridized carbons (Fsp3) is 0.143. The highest BCUT2D eigenvalue weighted by molar-refractivity contribution is 7.80. The molecular formula is C7H6N2OS2. The Labute approximate surface area is 78.5 Å². The zero-order valence-corrected chi connectivity index (χ0v) is 8.02. The molecular weight excluding hydrogens is 192 g/mol. The van der Waals surface area contributed by atoms with E-state index in [9.17, 15) is 4.79 Å². The van der Waals surface area contributed by atoms with Crippen LogP contribution in [0.25, 0.3) is 4.96 Å². The number of aldehydes is 1. The van der Waals surface area contributed by atoms with E-state index in [1.54, 1.807) is 15.7 Å². The molecule has 0 aliphatic rings. The molecule has 0 aliphatic heterocycles. The zero-order chi connectivity index (χ0) is 8.72. The van der Waals surface area contributed by atoms with Gasteiger partial charge in [0.2, 0.25) is 0 Å². The molecule has 0 spiro atoms. The van der Waals surface area contributed by atoms with Crippen LogP contribution in [0.5, 0.6) is 0 Å². The first-order valence-electron chi connectivity index (χ1n) is 3.35. The molecule has 3 nitrogen and oxygen atoms in total. The molecule has 0 saturated heterocycles. The van der Waals surface area contributed by atoms with Gasteiger partial charge in [0.1, 0.15) is 10.7 Å². The zero-order valence-electron chi connectivity index (χ0n) is 6.31. The predicted octanol–water partition coefficient (Wildman–Crippen LogP) is 1.81. The van der Waals surface area contributed by atoms with Crippen LogP contribution in [0.1, 0.15) is 15.4 Å². The number of rotatable bonds is 1. The molecule has 0 aliphatic carbocycles. The summed E-state index contributed by atoms with van der Waals surface area (Å²) in [7, 11) is 0. The molecule has 0 fully saturated rings. The van der Waals surface area contributed by atoms with E-state index in [-0.39, 0.29) is 0 Å². The van der Waals surface area contributed by atoms with Gasteiger partial charge in [-0.05, 0) is 6.92 Å². The van der Waals surface area contributed by atoms with E-state index in [1.807, 2.05) is 13.1 Å². The number of aromatic nitrogens is 2. The highest BCUT2D eigenvalue weighted by Crippen LogP contribution is 2.21. The fourth-order valence-corrected chi connectivity index (χ4v) is 2.23. The summed E-state index contributed by atoms with van der Waals surface area (Å²) in [6.45, 7) is 1.98. The summed E-state index contributed by atoms with van der Waals surface area (Å²) in [4.78, 5) is 16.7. The van der Waals surface area contributed by atoms with Gasteiger partial charge in [0.15, 0.2) is 11.2 Å². The molecule has 0 atom stereocenters. The van der Waals surface area contributed by atoms with E-state index in [0.717, 1.165) is 16.1 Å². The molecule has 12 heavy (non-hydrogen) atoms. The Balaban J connectivity index is 2.86. The van der Waals surface area contributed by atoms with Gasteiger partial charge >= 0.3 is 0 Å². The van der Waals surface area contributed by atoms with Crippen LogP contribution in [0.15, 0.2) is 11.2 Å². The Hall–Kier alpha value is -0.810. The number of aryl methyl sites for hydroxylation is 1. The molecule has 0 unspecified atom stereocenters. The largest absolute Gasteiger partial charge is 0.296 e. The van der Waals surface area contributed by atoms with E-state index in [1.165, 1.54) is 0 Å². The number of nitrogens with zero attached hydrogens (tertiary/aromatic N) is 2. The maximum absolute atomic E-state index is 10.6. The van der Waals surface area contributed by atoms with Gasteiger partial charge in [0.05, 0.1) is 0 Å². The molecule has 0 radical (unpaired) electrons. The van der Waals surface area contributed by atoms with Crippen LogP contribution in [0, 0.1) is 6.92 Å². The van der Waals surface area contributed by atoms with Gasteiger partial charge < -0.3 is 0 Å². The first-order chi connectivity index (χ1) is 5.72. The van der Waals surface area contributed by atoms with E-state index < -0.39 is 0 Å². The Morgan fingerprint density at radius 3 is 3.17 bits per heavy atom. The Bertz CT molecular complexity index is 443. The molecule has 0 bridgehead atoms. The van der Waals surface area contributed by atoms with Crippen molar-refractivity contribution in [2.24, 2.45) is 0 Å². The van der Waals surface area contributed by atoms with Crippen LogP contribution in [0.3, 0.4) is 0 Å². The molecule has 0 saturated carbocycles. The molecule has 0 N–H and O–H groups in total. The van der Waals surface area contributed by atoms with Crippen LogP contribution in [-0.2, 0) is 0 Å². The topological polar surface area (TPSA) is 34.4 Å². The van der Waals surface area contributed by atoms with E-state index >= 15 is 0 Å². The summed E-state index contributed by atoms with van der Waals surface area (Å²) in [5.41, 5.74) is 0.526. The molecule has 2 aromatic heterocycles. The lowest BCUT2D eigenvalue weighted by molar-refractivity contribution is 0.111. The van der Waals surface area contributed by atoms with Crippen LogP contribution < -0.4 is 0 Å². The van der Waals surface area contributed by atoms with Crippen LogP contribution in [0.2, 0.25) is 0 Å². The van der Waals surface area contributed by atoms with Crippen molar-refractivity contribution in [3.8, 4) is 0 Å². The Morgan fingerprint density at radius 2 is 2.50 bits per heavy atom. The summed E-state index contributed by atoms with van der Waals surface area (Å²) in [5.74, 6) is 0. The maximum Gasteiger partial charge on any atom is 0.195 e. The third-order valence-electron chi connectivity index (χ3n) is 1.57. The van der Waals surface area contributed by atoms with Crippen molar-refractivity contribution < 1.29 is 4.79 Å². The molecule has 2 rings (SSSR count). The van der Waals surface area contributed by atoms with Crippen molar-refractivity contribution in [2.45, 2.75) is 11.9 Å². The van der Waals surface area contributed by atoms with Gasteiger partial charge in [-0.3, -0.25) is 9.20 Å².